The fraction of sp³-hybridized carbons (Fsp3) is 0. The van der Waals surface area contributed by atoms with E-state index in [1.807, 2.05) is 6.07 Å². The molecule has 0 atom stereocenters. The molecule has 2 N–H and O–H groups in total. The van der Waals surface area contributed by atoms with Gasteiger partial charge in [-0.05, 0) is 30.3 Å². The van der Waals surface area contributed by atoms with Crippen LogP contribution in [-0.2, 0) is 0 Å². The van der Waals surface area contributed by atoms with E-state index in [9.17, 15) is 4.79 Å². The normalized spacial score (nSPS) is 10.5. The minimum absolute atomic E-state index is 0.251. The summed E-state index contributed by atoms with van der Waals surface area (Å²) in [5.41, 5.74) is 1.87. The molecule has 0 bridgehead atoms. The number of rotatable bonds is 3. The third-order valence-corrected chi connectivity index (χ3v) is 2.72. The lowest BCUT2D eigenvalue weighted by Crippen LogP contribution is -1.99. The minimum Gasteiger partial charge on any atom is -0.478 e. The topological polar surface area (TPSA) is 79.5 Å². The van der Waals surface area contributed by atoms with Crippen molar-refractivity contribution in [3.05, 3.63) is 54.5 Å². The van der Waals surface area contributed by atoms with Crippen LogP contribution in [0.4, 0.5) is 11.5 Å². The Morgan fingerprint density at radius 2 is 1.95 bits per heavy atom. The van der Waals surface area contributed by atoms with E-state index in [1.54, 1.807) is 47.4 Å². The van der Waals surface area contributed by atoms with Crippen molar-refractivity contribution in [2.45, 2.75) is 0 Å². The second-order valence-corrected chi connectivity index (χ2v) is 3.94. The SMILES string of the molecule is O=C(O)c1ccc(Nc2nccn3nccc23)cc1. The van der Waals surface area contributed by atoms with E-state index >= 15 is 0 Å². The van der Waals surface area contributed by atoms with E-state index < -0.39 is 5.97 Å². The van der Waals surface area contributed by atoms with Gasteiger partial charge in [0.15, 0.2) is 5.82 Å². The molecule has 0 saturated carbocycles. The van der Waals surface area contributed by atoms with E-state index in [0.29, 0.717) is 5.82 Å². The van der Waals surface area contributed by atoms with E-state index in [1.165, 1.54) is 0 Å². The van der Waals surface area contributed by atoms with Crippen molar-refractivity contribution in [1.82, 2.24) is 14.6 Å². The quantitative estimate of drug-likeness (QED) is 0.748. The first-order valence-corrected chi connectivity index (χ1v) is 5.63. The lowest BCUT2D eigenvalue weighted by molar-refractivity contribution is 0.0697. The van der Waals surface area contributed by atoms with Gasteiger partial charge in [0.25, 0.3) is 0 Å². The third kappa shape index (κ3) is 2.11. The smallest absolute Gasteiger partial charge is 0.335 e. The van der Waals surface area contributed by atoms with Gasteiger partial charge in [-0.3, -0.25) is 0 Å². The van der Waals surface area contributed by atoms with Gasteiger partial charge in [0, 0.05) is 18.1 Å². The lowest BCUT2D eigenvalue weighted by Gasteiger charge is -2.07. The van der Waals surface area contributed by atoms with Crippen molar-refractivity contribution in [1.29, 1.82) is 0 Å². The highest BCUT2D eigenvalue weighted by atomic mass is 16.4. The van der Waals surface area contributed by atoms with Crippen LogP contribution >= 0.6 is 0 Å². The van der Waals surface area contributed by atoms with E-state index in [2.05, 4.69) is 15.4 Å². The Balaban J connectivity index is 1.92. The molecule has 2 heterocycles. The van der Waals surface area contributed by atoms with Crippen LogP contribution in [0.25, 0.3) is 5.52 Å². The summed E-state index contributed by atoms with van der Waals surface area (Å²) >= 11 is 0. The number of carbonyl (C=O) groups is 1. The van der Waals surface area contributed by atoms with Gasteiger partial charge in [-0.1, -0.05) is 0 Å². The van der Waals surface area contributed by atoms with Crippen molar-refractivity contribution >= 4 is 23.0 Å². The molecule has 0 spiro atoms. The molecule has 0 aliphatic heterocycles. The maximum atomic E-state index is 10.8. The molecule has 6 heteroatoms. The first kappa shape index (κ1) is 11.2. The van der Waals surface area contributed by atoms with E-state index in [-0.39, 0.29) is 5.56 Å². The van der Waals surface area contributed by atoms with Gasteiger partial charge in [0.1, 0.15) is 5.52 Å². The number of hydrogen-bond acceptors (Lipinski definition) is 4. The summed E-state index contributed by atoms with van der Waals surface area (Å²) in [6.07, 6.45) is 5.09. The average Bonchev–Trinajstić information content (AvgIpc) is 2.89. The highest BCUT2D eigenvalue weighted by molar-refractivity contribution is 5.88. The Morgan fingerprint density at radius 3 is 2.68 bits per heavy atom. The third-order valence-electron chi connectivity index (χ3n) is 2.72. The molecular formula is C13H10N4O2. The molecule has 1 aromatic carbocycles. The van der Waals surface area contributed by atoms with E-state index in [4.69, 9.17) is 5.11 Å². The van der Waals surface area contributed by atoms with Gasteiger partial charge in [0.2, 0.25) is 0 Å². The molecule has 19 heavy (non-hydrogen) atoms. The Kier molecular flexibility index (Phi) is 2.60. The van der Waals surface area contributed by atoms with Gasteiger partial charge in [-0.2, -0.15) is 5.10 Å². The average molecular weight is 254 g/mol. The van der Waals surface area contributed by atoms with Gasteiger partial charge >= 0.3 is 5.97 Å². The van der Waals surface area contributed by atoms with Gasteiger partial charge in [0.05, 0.1) is 11.8 Å². The Labute approximate surface area is 108 Å². The van der Waals surface area contributed by atoms with Crippen LogP contribution < -0.4 is 5.32 Å². The summed E-state index contributed by atoms with van der Waals surface area (Å²) in [4.78, 5) is 15.0. The molecule has 0 unspecified atom stereocenters. The zero-order valence-corrected chi connectivity index (χ0v) is 9.82. The molecule has 0 amide bonds. The maximum Gasteiger partial charge on any atom is 0.335 e. The van der Waals surface area contributed by atoms with Gasteiger partial charge < -0.3 is 10.4 Å². The van der Waals surface area contributed by atoms with Crippen molar-refractivity contribution in [2.75, 3.05) is 5.32 Å². The van der Waals surface area contributed by atoms with E-state index in [0.717, 1.165) is 11.2 Å². The summed E-state index contributed by atoms with van der Waals surface area (Å²) in [5, 5.41) is 16.1. The van der Waals surface area contributed by atoms with Crippen LogP contribution in [-0.4, -0.2) is 25.7 Å². The fourth-order valence-electron chi connectivity index (χ4n) is 1.79. The van der Waals surface area contributed by atoms with Crippen LogP contribution in [0.2, 0.25) is 0 Å². The van der Waals surface area contributed by atoms with Gasteiger partial charge in [-0.15, -0.1) is 0 Å². The number of aromatic nitrogens is 3. The predicted molar refractivity (Wildman–Crippen MR) is 69.7 cm³/mol. The summed E-state index contributed by atoms with van der Waals surface area (Å²) in [5.74, 6) is -0.273. The number of nitrogens with one attached hydrogen (secondary N) is 1. The molecule has 0 saturated heterocycles. The summed E-state index contributed by atoms with van der Waals surface area (Å²) < 4.78 is 1.71. The van der Waals surface area contributed by atoms with Crippen LogP contribution in [0.3, 0.4) is 0 Å². The molecule has 0 aliphatic carbocycles. The van der Waals surface area contributed by atoms with Crippen molar-refractivity contribution < 1.29 is 9.90 Å². The number of benzene rings is 1. The fourth-order valence-corrected chi connectivity index (χ4v) is 1.79. The number of anilines is 2. The van der Waals surface area contributed by atoms with Crippen molar-refractivity contribution in [3.8, 4) is 0 Å². The van der Waals surface area contributed by atoms with Crippen molar-refractivity contribution in [3.63, 3.8) is 0 Å². The number of hydrogen-bond donors (Lipinski definition) is 2. The molecule has 3 rings (SSSR count). The first-order chi connectivity index (χ1) is 9.24. The highest BCUT2D eigenvalue weighted by Crippen LogP contribution is 2.19. The molecule has 0 aliphatic rings. The number of carboxylic acids is 1. The number of nitrogens with zero attached hydrogens (tertiary/aromatic N) is 3. The molecule has 6 nitrogen and oxygen atoms in total. The zero-order valence-electron chi connectivity index (χ0n) is 9.82. The lowest BCUT2D eigenvalue weighted by atomic mass is 10.2. The Bertz CT molecular complexity index is 734. The molecule has 0 radical (unpaired) electrons. The molecule has 94 valence electrons. The largest absolute Gasteiger partial charge is 0.478 e. The Morgan fingerprint density at radius 1 is 1.16 bits per heavy atom. The molecule has 0 fully saturated rings. The highest BCUT2D eigenvalue weighted by Gasteiger charge is 2.05. The maximum absolute atomic E-state index is 10.8. The second kappa shape index (κ2) is 4.41. The second-order valence-electron chi connectivity index (χ2n) is 3.94. The predicted octanol–water partition coefficient (Wildman–Crippen LogP) is 2.17. The molecule has 3 aromatic rings. The number of carboxylic acid groups (broad SMARTS) is 1. The molecular weight excluding hydrogens is 244 g/mol. The van der Waals surface area contributed by atoms with Crippen LogP contribution in [0.1, 0.15) is 10.4 Å². The summed E-state index contributed by atoms with van der Waals surface area (Å²) in [7, 11) is 0. The monoisotopic (exact) mass is 254 g/mol. The standard InChI is InChI=1S/C13H10N4O2/c18-13(19)9-1-3-10(4-2-9)16-12-11-5-6-15-17(11)8-7-14-12/h1-8H,(H,14,16)(H,18,19). The summed E-state index contributed by atoms with van der Waals surface area (Å²) in [6.45, 7) is 0. The molecule has 2 aromatic heterocycles. The van der Waals surface area contributed by atoms with Gasteiger partial charge in [-0.25, -0.2) is 14.3 Å². The van der Waals surface area contributed by atoms with Crippen LogP contribution in [0, 0.1) is 0 Å². The van der Waals surface area contributed by atoms with Crippen molar-refractivity contribution in [2.24, 2.45) is 0 Å². The zero-order chi connectivity index (χ0) is 13.2. The summed E-state index contributed by atoms with van der Waals surface area (Å²) in [6, 6.07) is 8.33. The van der Waals surface area contributed by atoms with Crippen LogP contribution in [0.15, 0.2) is 48.9 Å². The Hall–Kier alpha value is -2.89. The number of fused-ring (bicyclic) bond motifs is 1. The first-order valence-electron chi connectivity index (χ1n) is 5.63. The number of aromatic carboxylic acids is 1. The van der Waals surface area contributed by atoms with Crippen LogP contribution in [0.5, 0.6) is 0 Å². The minimum atomic E-state index is -0.942.